The van der Waals surface area contributed by atoms with E-state index in [2.05, 4.69) is 10.0 Å². The van der Waals surface area contributed by atoms with Crippen LogP contribution in [0.1, 0.15) is 0 Å². The summed E-state index contributed by atoms with van der Waals surface area (Å²) in [4.78, 5) is 4.75. The zero-order valence-corrected chi connectivity index (χ0v) is 12.0. The molecule has 0 aliphatic carbocycles. The van der Waals surface area contributed by atoms with Gasteiger partial charge in [-0.3, -0.25) is 0 Å². The molecule has 8 nitrogen and oxygen atoms in total. The van der Waals surface area contributed by atoms with Crippen LogP contribution in [0.4, 0.5) is 0 Å². The normalized spacial score (nSPS) is 35.2. The van der Waals surface area contributed by atoms with Gasteiger partial charge in [0.25, 0.3) is 0 Å². The first kappa shape index (κ1) is 16.2. The van der Waals surface area contributed by atoms with Crippen LogP contribution < -0.4 is 0 Å². The van der Waals surface area contributed by atoms with E-state index in [1.165, 1.54) is 0 Å². The molecular weight excluding hydrogens is 252 g/mol. The van der Waals surface area contributed by atoms with Crippen molar-refractivity contribution < 1.29 is 18.9 Å². The zero-order chi connectivity index (χ0) is 14.4. The fraction of sp³-hybridized carbons (Fsp3) is 1.00. The number of nitrogens with zero attached hydrogens (tertiary/aromatic N) is 4. The Bertz CT molecular complexity index is 322. The molecule has 0 aromatic heterocycles. The maximum absolute atomic E-state index is 8.67. The van der Waals surface area contributed by atoms with Crippen LogP contribution in [-0.4, -0.2) is 77.5 Å². The lowest BCUT2D eigenvalue weighted by Crippen LogP contribution is -2.63. The molecule has 1 aliphatic heterocycles. The first-order chi connectivity index (χ1) is 9.10. The van der Waals surface area contributed by atoms with Crippen LogP contribution in [0.2, 0.25) is 0 Å². The highest BCUT2D eigenvalue weighted by Crippen LogP contribution is 2.28. The Kier molecular flexibility index (Phi) is 6.50. The van der Waals surface area contributed by atoms with Gasteiger partial charge in [0.2, 0.25) is 0 Å². The van der Waals surface area contributed by atoms with Crippen molar-refractivity contribution >= 4 is 0 Å². The van der Waals surface area contributed by atoms with Gasteiger partial charge in [0.1, 0.15) is 18.3 Å². The van der Waals surface area contributed by atoms with Gasteiger partial charge in [0.15, 0.2) is 6.23 Å². The second-order valence-electron chi connectivity index (χ2n) is 4.58. The van der Waals surface area contributed by atoms with Gasteiger partial charge in [-0.1, -0.05) is 5.11 Å². The van der Waals surface area contributed by atoms with Gasteiger partial charge in [-0.25, -0.2) is 0 Å². The maximum Gasteiger partial charge on any atom is 0.155 e. The maximum atomic E-state index is 8.67. The van der Waals surface area contributed by atoms with E-state index in [4.69, 9.17) is 24.5 Å². The number of azide groups is 1. The Morgan fingerprint density at radius 1 is 1.21 bits per heavy atom. The van der Waals surface area contributed by atoms with Crippen LogP contribution in [0.3, 0.4) is 0 Å². The molecule has 0 spiro atoms. The topological polar surface area (TPSA) is 88.9 Å². The van der Waals surface area contributed by atoms with E-state index in [0.29, 0.717) is 6.61 Å². The molecule has 110 valence electrons. The smallest absolute Gasteiger partial charge is 0.155 e. The van der Waals surface area contributed by atoms with Crippen LogP contribution >= 0.6 is 0 Å². The van der Waals surface area contributed by atoms with Crippen LogP contribution in [0.15, 0.2) is 5.11 Å². The minimum absolute atomic E-state index is 0.223. The summed E-state index contributed by atoms with van der Waals surface area (Å²) < 4.78 is 21.9. The highest BCUT2D eigenvalue weighted by molar-refractivity contribution is 4.97. The molecule has 0 aromatic rings. The molecule has 1 aliphatic rings. The summed E-state index contributed by atoms with van der Waals surface area (Å²) >= 11 is 0. The van der Waals surface area contributed by atoms with Gasteiger partial charge >= 0.3 is 0 Å². The molecule has 19 heavy (non-hydrogen) atoms. The van der Waals surface area contributed by atoms with Gasteiger partial charge in [0.05, 0.1) is 12.6 Å². The van der Waals surface area contributed by atoms with Crippen molar-refractivity contribution in [2.45, 2.75) is 30.6 Å². The molecule has 8 heteroatoms. The van der Waals surface area contributed by atoms with Crippen molar-refractivity contribution in [3.63, 3.8) is 0 Å². The SMILES string of the molecule is COC[C@H]1O[C@@H](N=[N+]=[N-])[C@H](N(C)C)[C@@H](OC)[C@@H]1OC. The van der Waals surface area contributed by atoms with E-state index in [9.17, 15) is 0 Å². The Morgan fingerprint density at radius 2 is 1.84 bits per heavy atom. The summed E-state index contributed by atoms with van der Waals surface area (Å²) in [6.45, 7) is 0.343. The van der Waals surface area contributed by atoms with Crippen LogP contribution in [0.5, 0.6) is 0 Å². The van der Waals surface area contributed by atoms with E-state index in [1.54, 1.807) is 21.3 Å². The average Bonchev–Trinajstić information content (AvgIpc) is 2.38. The van der Waals surface area contributed by atoms with Gasteiger partial charge in [0, 0.05) is 26.2 Å². The predicted octanol–water partition coefficient (Wildman–Crippen LogP) is 0.628. The van der Waals surface area contributed by atoms with Gasteiger partial charge in [-0.2, -0.15) is 0 Å². The van der Waals surface area contributed by atoms with Crippen molar-refractivity contribution in [3.8, 4) is 0 Å². The first-order valence-corrected chi connectivity index (χ1v) is 6.01. The minimum Gasteiger partial charge on any atom is -0.382 e. The molecule has 0 radical (unpaired) electrons. The largest absolute Gasteiger partial charge is 0.382 e. The number of rotatable bonds is 6. The molecular formula is C11H22N4O4. The zero-order valence-electron chi connectivity index (χ0n) is 12.0. The summed E-state index contributed by atoms with van der Waals surface area (Å²) in [5.41, 5.74) is 8.67. The number of hydrogen-bond donors (Lipinski definition) is 0. The van der Waals surface area contributed by atoms with Crippen molar-refractivity contribution in [2.24, 2.45) is 5.11 Å². The third-order valence-corrected chi connectivity index (χ3v) is 3.27. The lowest BCUT2D eigenvalue weighted by atomic mass is 9.95. The Balaban J connectivity index is 3.04. The van der Waals surface area contributed by atoms with Crippen LogP contribution in [0.25, 0.3) is 10.4 Å². The van der Waals surface area contributed by atoms with Gasteiger partial charge in [-0.05, 0) is 19.6 Å². The first-order valence-electron chi connectivity index (χ1n) is 6.01. The fourth-order valence-electron chi connectivity index (χ4n) is 2.46. The van der Waals surface area contributed by atoms with Crippen LogP contribution in [-0.2, 0) is 18.9 Å². The van der Waals surface area contributed by atoms with E-state index in [1.807, 2.05) is 19.0 Å². The van der Waals surface area contributed by atoms with Gasteiger partial charge in [-0.15, -0.1) is 0 Å². The van der Waals surface area contributed by atoms with Gasteiger partial charge < -0.3 is 23.8 Å². The van der Waals surface area contributed by atoms with Crippen molar-refractivity contribution in [1.82, 2.24) is 4.90 Å². The highest BCUT2D eigenvalue weighted by atomic mass is 16.6. The Hall–Kier alpha value is -0.890. The van der Waals surface area contributed by atoms with E-state index < -0.39 is 6.23 Å². The third-order valence-electron chi connectivity index (χ3n) is 3.27. The summed E-state index contributed by atoms with van der Waals surface area (Å²) in [7, 11) is 8.55. The van der Waals surface area contributed by atoms with E-state index in [-0.39, 0.29) is 24.4 Å². The lowest BCUT2D eigenvalue weighted by molar-refractivity contribution is -0.224. The minimum atomic E-state index is -0.642. The number of likely N-dealkylation sites (N-methyl/N-ethyl adjacent to an activating group) is 1. The summed E-state index contributed by atoms with van der Waals surface area (Å²) in [6.07, 6.45) is -1.55. The highest BCUT2D eigenvalue weighted by Gasteiger charge is 2.47. The second-order valence-corrected chi connectivity index (χ2v) is 4.58. The Labute approximate surface area is 113 Å². The molecule has 0 saturated carbocycles. The number of hydrogen-bond acceptors (Lipinski definition) is 6. The lowest BCUT2D eigenvalue weighted by Gasteiger charge is -2.46. The molecule has 1 saturated heterocycles. The fourth-order valence-corrected chi connectivity index (χ4v) is 2.46. The summed E-state index contributed by atoms with van der Waals surface area (Å²) in [5.74, 6) is 0. The molecule has 5 atom stereocenters. The number of methoxy groups -OCH3 is 3. The molecule has 1 fully saturated rings. The summed E-state index contributed by atoms with van der Waals surface area (Å²) in [6, 6.07) is -0.223. The average molecular weight is 274 g/mol. The molecule has 1 rings (SSSR count). The quantitative estimate of drug-likeness (QED) is 0.402. The van der Waals surface area contributed by atoms with Crippen molar-refractivity contribution in [2.75, 3.05) is 42.0 Å². The van der Waals surface area contributed by atoms with Crippen LogP contribution in [0, 0.1) is 0 Å². The predicted molar refractivity (Wildman–Crippen MR) is 68.8 cm³/mol. The Morgan fingerprint density at radius 3 is 2.26 bits per heavy atom. The number of ether oxygens (including phenoxy) is 4. The van der Waals surface area contributed by atoms with E-state index >= 15 is 0 Å². The molecule has 0 N–H and O–H groups in total. The van der Waals surface area contributed by atoms with E-state index in [0.717, 1.165) is 0 Å². The third kappa shape index (κ3) is 3.56. The van der Waals surface area contributed by atoms with Crippen molar-refractivity contribution in [3.05, 3.63) is 10.4 Å². The molecule has 0 amide bonds. The second kappa shape index (κ2) is 7.64. The monoisotopic (exact) mass is 274 g/mol. The molecule has 1 heterocycles. The molecule has 0 unspecified atom stereocenters. The standard InChI is InChI=1S/C11H22N4O4/c1-15(2)8-10(18-5)9(17-4)7(6-16-3)19-11(8)13-14-12/h7-11H,6H2,1-5H3/t7-,8-,9-,10-,11-/m1/s1. The molecule has 0 bridgehead atoms. The molecule has 0 aromatic carbocycles. The summed E-state index contributed by atoms with van der Waals surface area (Å²) in [5, 5.41) is 3.71. The van der Waals surface area contributed by atoms with Crippen molar-refractivity contribution in [1.29, 1.82) is 0 Å².